The first kappa shape index (κ1) is 16.7. The molecule has 0 fully saturated rings. The fourth-order valence-corrected chi connectivity index (χ4v) is 2.23. The summed E-state index contributed by atoms with van der Waals surface area (Å²) in [5, 5.41) is 21.8. The summed E-state index contributed by atoms with van der Waals surface area (Å²) in [5.41, 5.74) is 2.22. The maximum Gasteiger partial charge on any atom is 0.184 e. The number of ether oxygens (including phenoxy) is 1. The summed E-state index contributed by atoms with van der Waals surface area (Å²) in [4.78, 5) is 0. The molecule has 2 aromatic rings. The lowest BCUT2D eigenvalue weighted by atomic mass is 10.1. The zero-order valence-corrected chi connectivity index (χ0v) is 13.5. The first-order valence-corrected chi connectivity index (χ1v) is 7.62. The lowest BCUT2D eigenvalue weighted by Gasteiger charge is -2.12. The molecule has 1 atom stereocenters. The molecule has 1 N–H and O–H groups in total. The Bertz CT molecular complexity index is 762. The van der Waals surface area contributed by atoms with Gasteiger partial charge in [0.15, 0.2) is 6.10 Å². The van der Waals surface area contributed by atoms with Gasteiger partial charge in [-0.1, -0.05) is 30.7 Å². The van der Waals surface area contributed by atoms with Gasteiger partial charge in [0.25, 0.3) is 0 Å². The number of hydrogen-bond acceptors (Lipinski definition) is 4. The molecule has 0 aromatic heterocycles. The van der Waals surface area contributed by atoms with Crippen molar-refractivity contribution in [3.63, 3.8) is 0 Å². The second-order valence-corrected chi connectivity index (χ2v) is 5.38. The van der Waals surface area contributed by atoms with Gasteiger partial charge in [0, 0.05) is 11.6 Å². The lowest BCUT2D eigenvalue weighted by molar-refractivity contribution is 0.251. The standard InChI is InChI=1S/C18H16ClN3O/c1-2-16(11-21)23-17-5-3-4-13(8-17)12-22-18-7-6-15(19)9-14(18)10-20/h3-9,16,22H,2,12H2,1H3. The van der Waals surface area contributed by atoms with E-state index >= 15 is 0 Å². The lowest BCUT2D eigenvalue weighted by Crippen LogP contribution is -2.12. The third-order valence-corrected chi connectivity index (χ3v) is 3.51. The van der Waals surface area contributed by atoms with E-state index < -0.39 is 6.10 Å². The summed E-state index contributed by atoms with van der Waals surface area (Å²) in [6.07, 6.45) is 0.189. The zero-order chi connectivity index (χ0) is 16.7. The maximum absolute atomic E-state index is 9.14. The average Bonchev–Trinajstić information content (AvgIpc) is 2.58. The quantitative estimate of drug-likeness (QED) is 0.848. The summed E-state index contributed by atoms with van der Waals surface area (Å²) in [5.74, 6) is 0.661. The van der Waals surface area contributed by atoms with Gasteiger partial charge in [-0.25, -0.2) is 0 Å². The predicted molar refractivity (Wildman–Crippen MR) is 90.3 cm³/mol. The second-order valence-electron chi connectivity index (χ2n) is 4.95. The third-order valence-electron chi connectivity index (χ3n) is 3.28. The minimum atomic E-state index is -0.445. The Balaban J connectivity index is 2.07. The molecule has 0 aliphatic heterocycles. The van der Waals surface area contributed by atoms with Crippen LogP contribution in [-0.2, 0) is 6.54 Å². The number of nitrogens with zero attached hydrogens (tertiary/aromatic N) is 2. The molecule has 0 saturated heterocycles. The van der Waals surface area contributed by atoms with E-state index in [0.29, 0.717) is 29.3 Å². The molecule has 0 amide bonds. The van der Waals surface area contributed by atoms with Crippen molar-refractivity contribution in [1.29, 1.82) is 10.5 Å². The number of anilines is 1. The summed E-state index contributed by atoms with van der Waals surface area (Å²) >= 11 is 5.89. The SMILES string of the molecule is CCC(C#N)Oc1cccc(CNc2ccc(Cl)cc2C#N)c1. The van der Waals surface area contributed by atoms with Crippen LogP contribution in [0.15, 0.2) is 42.5 Å². The van der Waals surface area contributed by atoms with Gasteiger partial charge in [-0.05, 0) is 42.3 Å². The van der Waals surface area contributed by atoms with E-state index in [1.165, 1.54) is 0 Å². The van der Waals surface area contributed by atoms with Crippen molar-refractivity contribution < 1.29 is 4.74 Å². The minimum Gasteiger partial charge on any atom is -0.476 e. The van der Waals surface area contributed by atoms with Crippen LogP contribution in [0.25, 0.3) is 0 Å². The molecular formula is C18H16ClN3O. The van der Waals surface area contributed by atoms with Crippen LogP contribution in [0.4, 0.5) is 5.69 Å². The topological polar surface area (TPSA) is 68.8 Å². The van der Waals surface area contributed by atoms with Gasteiger partial charge in [0.05, 0.1) is 11.3 Å². The minimum absolute atomic E-state index is 0.445. The average molecular weight is 326 g/mol. The highest BCUT2D eigenvalue weighted by molar-refractivity contribution is 6.30. The first-order valence-electron chi connectivity index (χ1n) is 7.25. The highest BCUT2D eigenvalue weighted by Gasteiger charge is 2.07. The molecule has 4 nitrogen and oxygen atoms in total. The van der Waals surface area contributed by atoms with Gasteiger partial charge in [-0.3, -0.25) is 0 Å². The summed E-state index contributed by atoms with van der Waals surface area (Å²) in [7, 11) is 0. The molecule has 0 bridgehead atoms. The molecule has 1 unspecified atom stereocenters. The largest absolute Gasteiger partial charge is 0.476 e. The maximum atomic E-state index is 9.14. The van der Waals surface area contributed by atoms with E-state index in [1.54, 1.807) is 18.2 Å². The Morgan fingerprint density at radius 3 is 2.74 bits per heavy atom. The molecular weight excluding hydrogens is 310 g/mol. The van der Waals surface area contributed by atoms with Crippen LogP contribution < -0.4 is 10.1 Å². The van der Waals surface area contributed by atoms with Crippen molar-refractivity contribution in [2.45, 2.75) is 26.0 Å². The van der Waals surface area contributed by atoms with Crippen molar-refractivity contribution >= 4 is 17.3 Å². The monoisotopic (exact) mass is 325 g/mol. The van der Waals surface area contributed by atoms with Gasteiger partial charge in [0.2, 0.25) is 0 Å². The normalized spacial score (nSPS) is 11.1. The van der Waals surface area contributed by atoms with Crippen LogP contribution in [0.3, 0.4) is 0 Å². The van der Waals surface area contributed by atoms with E-state index in [0.717, 1.165) is 11.3 Å². The number of rotatable bonds is 6. The van der Waals surface area contributed by atoms with Crippen LogP contribution in [0.2, 0.25) is 5.02 Å². The molecule has 2 rings (SSSR count). The number of benzene rings is 2. The fraction of sp³-hybridized carbons (Fsp3) is 0.222. The van der Waals surface area contributed by atoms with Crippen LogP contribution in [-0.4, -0.2) is 6.10 Å². The summed E-state index contributed by atoms with van der Waals surface area (Å²) in [6.45, 7) is 2.44. The smallest absolute Gasteiger partial charge is 0.184 e. The zero-order valence-electron chi connectivity index (χ0n) is 12.7. The predicted octanol–water partition coefficient (Wildman–Crippen LogP) is 4.50. The number of halogens is 1. The molecule has 0 saturated carbocycles. The number of hydrogen-bond donors (Lipinski definition) is 1. The molecule has 0 radical (unpaired) electrons. The van der Waals surface area contributed by atoms with Gasteiger partial charge in [0.1, 0.15) is 17.9 Å². The molecule has 116 valence electrons. The molecule has 0 aliphatic rings. The van der Waals surface area contributed by atoms with Crippen LogP contribution in [0.5, 0.6) is 5.75 Å². The number of nitriles is 2. The van der Waals surface area contributed by atoms with E-state index in [4.69, 9.17) is 26.9 Å². The van der Waals surface area contributed by atoms with Crippen molar-refractivity contribution in [3.8, 4) is 17.9 Å². The third kappa shape index (κ3) is 4.64. The Labute approximate surface area is 140 Å². The van der Waals surface area contributed by atoms with Gasteiger partial charge >= 0.3 is 0 Å². The second kappa shape index (κ2) is 8.08. The molecule has 23 heavy (non-hydrogen) atoms. The highest BCUT2D eigenvalue weighted by Crippen LogP contribution is 2.21. The van der Waals surface area contributed by atoms with E-state index in [-0.39, 0.29) is 0 Å². The summed E-state index contributed by atoms with van der Waals surface area (Å²) < 4.78 is 5.61. The van der Waals surface area contributed by atoms with E-state index in [9.17, 15) is 0 Å². The Kier molecular flexibility index (Phi) is 5.86. The van der Waals surface area contributed by atoms with Crippen molar-refractivity contribution in [2.24, 2.45) is 0 Å². The van der Waals surface area contributed by atoms with Gasteiger partial charge in [-0.2, -0.15) is 10.5 Å². The number of nitrogens with one attached hydrogen (secondary N) is 1. The van der Waals surface area contributed by atoms with Crippen molar-refractivity contribution in [1.82, 2.24) is 0 Å². The Morgan fingerprint density at radius 2 is 2.04 bits per heavy atom. The van der Waals surface area contributed by atoms with Crippen molar-refractivity contribution in [2.75, 3.05) is 5.32 Å². The molecule has 0 heterocycles. The van der Waals surface area contributed by atoms with Gasteiger partial charge < -0.3 is 10.1 Å². The Morgan fingerprint density at radius 1 is 1.22 bits per heavy atom. The van der Waals surface area contributed by atoms with Crippen LogP contribution in [0.1, 0.15) is 24.5 Å². The molecule has 5 heteroatoms. The van der Waals surface area contributed by atoms with Gasteiger partial charge in [-0.15, -0.1) is 0 Å². The van der Waals surface area contributed by atoms with E-state index in [1.807, 2.05) is 31.2 Å². The van der Waals surface area contributed by atoms with Crippen LogP contribution in [0, 0.1) is 22.7 Å². The Hall–Kier alpha value is -2.69. The van der Waals surface area contributed by atoms with Crippen molar-refractivity contribution in [3.05, 3.63) is 58.6 Å². The first-order chi connectivity index (χ1) is 11.2. The van der Waals surface area contributed by atoms with E-state index in [2.05, 4.69) is 17.5 Å². The molecule has 0 aliphatic carbocycles. The fourth-order valence-electron chi connectivity index (χ4n) is 2.05. The summed E-state index contributed by atoms with van der Waals surface area (Å²) in [6, 6.07) is 16.9. The van der Waals surface area contributed by atoms with Crippen LogP contribution >= 0.6 is 11.6 Å². The molecule has 2 aromatic carbocycles. The molecule has 0 spiro atoms. The highest BCUT2D eigenvalue weighted by atomic mass is 35.5.